The average Bonchev–Trinajstić information content (AvgIpc) is 3.34. The summed E-state index contributed by atoms with van der Waals surface area (Å²) in [7, 11) is 0. The number of carbonyl (C=O) groups is 2. The van der Waals surface area contributed by atoms with Gasteiger partial charge in [-0.1, -0.05) is 19.3 Å². The molecule has 1 amide bonds. The molecule has 35 heavy (non-hydrogen) atoms. The number of hydrogen-bond donors (Lipinski definition) is 4. The number of esters is 1. The first-order chi connectivity index (χ1) is 16.7. The minimum atomic E-state index is -1.52. The van der Waals surface area contributed by atoms with Crippen molar-refractivity contribution in [1.82, 2.24) is 14.6 Å². The number of aliphatic imine (C=N–C) groups is 1. The van der Waals surface area contributed by atoms with E-state index in [9.17, 15) is 19.8 Å². The third-order valence-corrected chi connectivity index (χ3v) is 6.82. The molecule has 2 aliphatic rings. The summed E-state index contributed by atoms with van der Waals surface area (Å²) >= 11 is 0. The van der Waals surface area contributed by atoms with Crippen LogP contribution in [-0.4, -0.2) is 80.4 Å². The molecular weight excluding hydrogens is 456 g/mol. The fourth-order valence-electron chi connectivity index (χ4n) is 5.07. The molecule has 2 aromatic heterocycles. The van der Waals surface area contributed by atoms with Crippen LogP contribution in [0.2, 0.25) is 0 Å². The Hall–Kier alpha value is -2.93. The molecule has 12 nitrogen and oxygen atoms in total. The summed E-state index contributed by atoms with van der Waals surface area (Å²) in [6.45, 7) is 4.52. The van der Waals surface area contributed by atoms with E-state index in [4.69, 9.17) is 15.2 Å². The van der Waals surface area contributed by atoms with Gasteiger partial charge >= 0.3 is 5.97 Å². The number of ether oxygens (including phenoxy) is 2. The van der Waals surface area contributed by atoms with Crippen molar-refractivity contribution in [3.05, 3.63) is 24.2 Å². The highest BCUT2D eigenvalue weighted by Crippen LogP contribution is 2.41. The summed E-state index contributed by atoms with van der Waals surface area (Å²) in [6.07, 6.45) is 2.14. The minimum absolute atomic E-state index is 0.0872. The van der Waals surface area contributed by atoms with Gasteiger partial charge in [0.05, 0.1) is 18.7 Å². The highest BCUT2D eigenvalue weighted by atomic mass is 16.6. The number of rotatable bonds is 8. The summed E-state index contributed by atoms with van der Waals surface area (Å²) in [4.78, 5) is 32.1. The van der Waals surface area contributed by atoms with Crippen LogP contribution in [0.15, 0.2) is 23.5 Å². The van der Waals surface area contributed by atoms with Crippen LogP contribution in [0.3, 0.4) is 0 Å². The molecule has 1 saturated carbocycles. The largest absolute Gasteiger partial charge is 0.463 e. The maximum atomic E-state index is 12.5. The molecule has 0 radical (unpaired) electrons. The number of aromatic nitrogens is 3. The Bertz CT molecular complexity index is 1100. The molecule has 190 valence electrons. The predicted octanol–water partition coefficient (Wildman–Crippen LogP) is 0.299. The number of fused-ring (bicyclic) bond motifs is 1. The Morgan fingerprint density at radius 2 is 2.09 bits per heavy atom. The SMILES string of the molecule is C=NC[C@@]1(c2ccc3c(NC(C)=O)ncnn23)O[C@H](COC(=O)CC2(N)CCCCC2)[C@@H](O)[C@H]1O. The lowest BCUT2D eigenvalue weighted by Gasteiger charge is -2.32. The number of hydrogen-bond acceptors (Lipinski definition) is 10. The number of aliphatic hydroxyl groups is 2. The monoisotopic (exact) mass is 488 g/mol. The molecule has 0 bridgehead atoms. The highest BCUT2D eigenvalue weighted by molar-refractivity contribution is 5.91. The van der Waals surface area contributed by atoms with Gasteiger partial charge in [-0.2, -0.15) is 5.10 Å². The number of carbonyl (C=O) groups excluding carboxylic acids is 2. The van der Waals surface area contributed by atoms with Crippen LogP contribution >= 0.6 is 0 Å². The van der Waals surface area contributed by atoms with Gasteiger partial charge in [0.25, 0.3) is 0 Å². The lowest BCUT2D eigenvalue weighted by molar-refractivity contribution is -0.154. The summed E-state index contributed by atoms with van der Waals surface area (Å²) in [5.74, 6) is -0.505. The maximum Gasteiger partial charge on any atom is 0.307 e. The van der Waals surface area contributed by atoms with Crippen molar-refractivity contribution in [1.29, 1.82) is 0 Å². The van der Waals surface area contributed by atoms with Gasteiger partial charge in [0.1, 0.15) is 36.8 Å². The van der Waals surface area contributed by atoms with E-state index in [2.05, 4.69) is 27.1 Å². The molecule has 1 saturated heterocycles. The second kappa shape index (κ2) is 9.97. The van der Waals surface area contributed by atoms with Crippen molar-refractivity contribution in [2.45, 2.75) is 74.9 Å². The average molecular weight is 489 g/mol. The van der Waals surface area contributed by atoms with Gasteiger partial charge < -0.3 is 30.7 Å². The normalized spacial score (nSPS) is 28.1. The lowest BCUT2D eigenvalue weighted by Crippen LogP contribution is -2.44. The molecule has 2 fully saturated rings. The first-order valence-electron chi connectivity index (χ1n) is 11.7. The number of aliphatic hydroxyl groups excluding tert-OH is 2. The first-order valence-corrected chi connectivity index (χ1v) is 11.7. The quantitative estimate of drug-likeness (QED) is 0.301. The molecule has 0 spiro atoms. The standard InChI is InChI=1S/C23H32N6O6/c1-14(30)28-21-15-6-7-17(29(15)27-13-26-21)23(12-25-2)20(33)19(32)16(35-23)11-34-18(31)10-22(24)8-4-3-5-9-22/h6-7,13,16,19-20,32-33H,2-5,8-12,24H2,1H3,(H,26,27,28,30)/t16-,19-,20-,23+/m1/s1. The smallest absolute Gasteiger partial charge is 0.307 e. The summed E-state index contributed by atoms with van der Waals surface area (Å²) in [5, 5.41) is 28.7. The van der Waals surface area contributed by atoms with Gasteiger partial charge in [-0.3, -0.25) is 14.6 Å². The van der Waals surface area contributed by atoms with Gasteiger partial charge in [-0.15, -0.1) is 0 Å². The van der Waals surface area contributed by atoms with E-state index in [1.54, 1.807) is 12.1 Å². The van der Waals surface area contributed by atoms with Crippen molar-refractivity contribution in [3.8, 4) is 0 Å². The molecule has 3 heterocycles. The number of nitrogens with zero attached hydrogens (tertiary/aromatic N) is 4. The predicted molar refractivity (Wildman–Crippen MR) is 126 cm³/mol. The van der Waals surface area contributed by atoms with Crippen molar-refractivity contribution in [2.24, 2.45) is 10.7 Å². The van der Waals surface area contributed by atoms with Gasteiger partial charge in [0.15, 0.2) is 11.4 Å². The molecule has 1 aliphatic heterocycles. The van der Waals surface area contributed by atoms with E-state index in [0.717, 1.165) is 32.1 Å². The lowest BCUT2D eigenvalue weighted by atomic mass is 9.80. The fraction of sp³-hybridized carbons (Fsp3) is 0.609. The van der Waals surface area contributed by atoms with E-state index >= 15 is 0 Å². The molecular formula is C23H32N6O6. The van der Waals surface area contributed by atoms with Crippen LogP contribution in [0.5, 0.6) is 0 Å². The van der Waals surface area contributed by atoms with E-state index in [1.165, 1.54) is 17.8 Å². The van der Waals surface area contributed by atoms with Gasteiger partial charge in [0.2, 0.25) is 5.91 Å². The van der Waals surface area contributed by atoms with Crippen molar-refractivity contribution >= 4 is 29.9 Å². The summed E-state index contributed by atoms with van der Waals surface area (Å²) in [6, 6.07) is 3.30. The zero-order valence-corrected chi connectivity index (χ0v) is 19.7. The summed E-state index contributed by atoms with van der Waals surface area (Å²) < 4.78 is 13.0. The van der Waals surface area contributed by atoms with Crippen LogP contribution in [0.4, 0.5) is 5.82 Å². The minimum Gasteiger partial charge on any atom is -0.463 e. The first kappa shape index (κ1) is 25.2. The Morgan fingerprint density at radius 1 is 1.34 bits per heavy atom. The topological polar surface area (TPSA) is 174 Å². The molecule has 12 heteroatoms. The molecule has 5 N–H and O–H groups in total. The fourth-order valence-corrected chi connectivity index (χ4v) is 5.07. The van der Waals surface area contributed by atoms with Gasteiger partial charge in [-0.25, -0.2) is 9.50 Å². The van der Waals surface area contributed by atoms with E-state index < -0.39 is 35.4 Å². The number of nitrogens with two attached hydrogens (primary N) is 1. The number of anilines is 1. The van der Waals surface area contributed by atoms with Crippen LogP contribution in [0.1, 0.15) is 51.1 Å². The molecule has 4 rings (SSSR count). The van der Waals surface area contributed by atoms with Crippen molar-refractivity contribution in [3.63, 3.8) is 0 Å². The zero-order valence-electron chi connectivity index (χ0n) is 19.7. The third-order valence-electron chi connectivity index (χ3n) is 6.82. The van der Waals surface area contributed by atoms with Crippen LogP contribution in [-0.2, 0) is 24.7 Å². The van der Waals surface area contributed by atoms with Gasteiger partial charge in [0, 0.05) is 12.5 Å². The number of nitrogens with one attached hydrogen (secondary N) is 1. The summed E-state index contributed by atoms with van der Waals surface area (Å²) in [5.41, 5.74) is 5.09. The zero-order chi connectivity index (χ0) is 25.2. The molecule has 2 aromatic rings. The Labute approximate surface area is 202 Å². The Kier molecular flexibility index (Phi) is 7.17. The molecule has 0 unspecified atom stereocenters. The second-order valence-corrected chi connectivity index (χ2v) is 9.45. The Morgan fingerprint density at radius 3 is 2.77 bits per heavy atom. The van der Waals surface area contributed by atoms with E-state index in [0.29, 0.717) is 11.2 Å². The number of amides is 1. The highest BCUT2D eigenvalue weighted by Gasteiger charge is 2.57. The molecule has 0 aromatic carbocycles. The van der Waals surface area contributed by atoms with Crippen molar-refractivity contribution < 1.29 is 29.3 Å². The second-order valence-electron chi connectivity index (χ2n) is 9.45. The van der Waals surface area contributed by atoms with Crippen LogP contribution in [0, 0.1) is 0 Å². The maximum absolute atomic E-state index is 12.5. The molecule has 4 atom stereocenters. The van der Waals surface area contributed by atoms with E-state index in [1.807, 2.05) is 0 Å². The third kappa shape index (κ3) is 4.92. The van der Waals surface area contributed by atoms with E-state index in [-0.39, 0.29) is 31.3 Å². The Balaban J connectivity index is 1.54. The van der Waals surface area contributed by atoms with Gasteiger partial charge in [-0.05, 0) is 31.7 Å². The van der Waals surface area contributed by atoms with Crippen LogP contribution in [0.25, 0.3) is 5.52 Å². The van der Waals surface area contributed by atoms with Crippen LogP contribution < -0.4 is 11.1 Å². The molecule has 1 aliphatic carbocycles. The van der Waals surface area contributed by atoms with Crippen molar-refractivity contribution in [2.75, 3.05) is 18.5 Å².